The molecule has 1 aliphatic rings. The van der Waals surface area contributed by atoms with Gasteiger partial charge < -0.3 is 14.4 Å². The van der Waals surface area contributed by atoms with E-state index >= 15 is 0 Å². The number of rotatable bonds is 7. The molecular formula is C19H28N2O6S. The molecule has 2 rings (SSSR count). The molecule has 0 spiro atoms. The second-order valence-corrected chi connectivity index (χ2v) is 8.99. The van der Waals surface area contributed by atoms with Crippen molar-refractivity contribution in [3.05, 3.63) is 23.8 Å². The number of nitrogens with zero attached hydrogens (tertiary/aromatic N) is 2. The smallest absolute Gasteiger partial charge is 0.338 e. The molecule has 1 atom stereocenters. The predicted molar refractivity (Wildman–Crippen MR) is 104 cm³/mol. The first-order chi connectivity index (χ1) is 13.2. The summed E-state index contributed by atoms with van der Waals surface area (Å²) in [5.74, 6) is -0.855. The quantitative estimate of drug-likeness (QED) is 0.635. The monoisotopic (exact) mass is 412 g/mol. The third-order valence-corrected chi connectivity index (χ3v) is 6.74. The second-order valence-electron chi connectivity index (χ2n) is 6.87. The van der Waals surface area contributed by atoms with Gasteiger partial charge in [-0.05, 0) is 43.9 Å². The van der Waals surface area contributed by atoms with Crippen LogP contribution in [-0.4, -0.2) is 69.9 Å². The van der Waals surface area contributed by atoms with Crippen LogP contribution in [0.4, 0.5) is 0 Å². The molecule has 0 aliphatic carbocycles. The highest BCUT2D eigenvalue weighted by molar-refractivity contribution is 7.89. The zero-order valence-corrected chi connectivity index (χ0v) is 17.6. The number of ether oxygens (including phenoxy) is 2. The van der Waals surface area contributed by atoms with Gasteiger partial charge in [0.1, 0.15) is 10.6 Å². The van der Waals surface area contributed by atoms with E-state index in [1.165, 1.54) is 39.4 Å². The highest BCUT2D eigenvalue weighted by atomic mass is 32.2. The summed E-state index contributed by atoms with van der Waals surface area (Å²) >= 11 is 0. The van der Waals surface area contributed by atoms with E-state index in [0.717, 1.165) is 30.0 Å². The maximum atomic E-state index is 12.5. The number of methoxy groups -OCH3 is 1. The van der Waals surface area contributed by atoms with E-state index in [-0.39, 0.29) is 34.8 Å². The van der Waals surface area contributed by atoms with E-state index in [9.17, 15) is 18.0 Å². The molecule has 28 heavy (non-hydrogen) atoms. The van der Waals surface area contributed by atoms with Crippen molar-refractivity contribution >= 4 is 21.9 Å². The van der Waals surface area contributed by atoms with E-state index in [0.29, 0.717) is 6.54 Å². The summed E-state index contributed by atoms with van der Waals surface area (Å²) in [4.78, 5) is 26.5. The summed E-state index contributed by atoms with van der Waals surface area (Å²) in [7, 11) is 0.321. The summed E-state index contributed by atoms with van der Waals surface area (Å²) in [5.41, 5.74) is 0.0414. The second kappa shape index (κ2) is 9.38. The molecule has 0 unspecified atom stereocenters. The molecule has 1 fully saturated rings. The van der Waals surface area contributed by atoms with Crippen molar-refractivity contribution in [2.24, 2.45) is 0 Å². The number of carbonyl (C=O) groups is 2. The highest BCUT2D eigenvalue weighted by Crippen LogP contribution is 2.27. The van der Waals surface area contributed by atoms with Crippen LogP contribution in [0.2, 0.25) is 0 Å². The zero-order chi connectivity index (χ0) is 20.9. The fourth-order valence-electron chi connectivity index (χ4n) is 3.25. The fraction of sp³-hybridized carbons (Fsp3) is 0.579. The summed E-state index contributed by atoms with van der Waals surface area (Å²) in [6, 6.07) is 4.19. The van der Waals surface area contributed by atoms with Crippen LogP contribution in [0.25, 0.3) is 0 Å². The van der Waals surface area contributed by atoms with Crippen molar-refractivity contribution < 1.29 is 27.5 Å². The van der Waals surface area contributed by atoms with Gasteiger partial charge in [-0.15, -0.1) is 0 Å². The molecular weight excluding hydrogens is 384 g/mol. The molecule has 1 amide bonds. The molecule has 1 aromatic carbocycles. The van der Waals surface area contributed by atoms with Crippen LogP contribution < -0.4 is 4.74 Å². The lowest BCUT2D eigenvalue weighted by Gasteiger charge is -2.35. The van der Waals surface area contributed by atoms with Gasteiger partial charge in [0.15, 0.2) is 6.61 Å². The number of esters is 1. The average molecular weight is 413 g/mol. The lowest BCUT2D eigenvalue weighted by Crippen LogP contribution is -2.45. The zero-order valence-electron chi connectivity index (χ0n) is 16.8. The van der Waals surface area contributed by atoms with E-state index < -0.39 is 16.0 Å². The number of hydrogen-bond donors (Lipinski definition) is 0. The highest BCUT2D eigenvalue weighted by Gasteiger charge is 2.27. The molecule has 156 valence electrons. The van der Waals surface area contributed by atoms with Crippen molar-refractivity contribution in [2.45, 2.75) is 43.5 Å². The predicted octanol–water partition coefficient (Wildman–Crippen LogP) is 1.89. The van der Waals surface area contributed by atoms with E-state index in [1.807, 2.05) is 6.92 Å². The lowest BCUT2D eigenvalue weighted by atomic mass is 10.00. The van der Waals surface area contributed by atoms with Crippen molar-refractivity contribution in [2.75, 3.05) is 34.4 Å². The maximum Gasteiger partial charge on any atom is 0.338 e. The van der Waals surface area contributed by atoms with Crippen LogP contribution in [0.1, 0.15) is 43.0 Å². The minimum Gasteiger partial charge on any atom is -0.495 e. The van der Waals surface area contributed by atoms with Gasteiger partial charge in [0.25, 0.3) is 5.91 Å². The Labute approximate surface area is 166 Å². The van der Waals surface area contributed by atoms with E-state index in [4.69, 9.17) is 9.47 Å². The first kappa shape index (κ1) is 22.2. The summed E-state index contributed by atoms with van der Waals surface area (Å²) in [6.45, 7) is 2.34. The topological polar surface area (TPSA) is 93.2 Å². The van der Waals surface area contributed by atoms with Gasteiger partial charge in [0.2, 0.25) is 10.0 Å². The van der Waals surface area contributed by atoms with Crippen molar-refractivity contribution in [1.82, 2.24) is 9.21 Å². The number of hydrogen-bond acceptors (Lipinski definition) is 6. The SMILES string of the molecule is CC[C@@H]1CCCCN1C(=O)COC(=O)c1ccc(OC)c(S(=O)(=O)N(C)C)c1. The number of carbonyl (C=O) groups excluding carboxylic acids is 2. The van der Waals surface area contributed by atoms with Gasteiger partial charge in [0, 0.05) is 26.7 Å². The van der Waals surface area contributed by atoms with Crippen LogP contribution in [-0.2, 0) is 19.6 Å². The fourth-order valence-corrected chi connectivity index (χ4v) is 4.32. The molecule has 0 bridgehead atoms. The van der Waals surface area contributed by atoms with Crippen LogP contribution in [0.3, 0.4) is 0 Å². The number of likely N-dealkylation sites (tertiary alicyclic amines) is 1. The van der Waals surface area contributed by atoms with Gasteiger partial charge in [-0.2, -0.15) is 0 Å². The Morgan fingerprint density at radius 2 is 1.96 bits per heavy atom. The van der Waals surface area contributed by atoms with Gasteiger partial charge in [-0.3, -0.25) is 4.79 Å². The van der Waals surface area contributed by atoms with Crippen LogP contribution in [0.5, 0.6) is 5.75 Å². The summed E-state index contributed by atoms with van der Waals surface area (Å²) in [6.07, 6.45) is 3.86. The Hall–Kier alpha value is -2.13. The van der Waals surface area contributed by atoms with Gasteiger partial charge in [0.05, 0.1) is 12.7 Å². The molecule has 0 aromatic heterocycles. The number of piperidine rings is 1. The summed E-state index contributed by atoms with van der Waals surface area (Å²) in [5, 5.41) is 0. The van der Waals surface area contributed by atoms with Gasteiger partial charge in [-0.25, -0.2) is 17.5 Å². The number of sulfonamides is 1. The largest absolute Gasteiger partial charge is 0.495 e. The molecule has 1 saturated heterocycles. The third kappa shape index (κ3) is 4.82. The number of amides is 1. The molecule has 0 N–H and O–H groups in total. The Bertz CT molecular complexity index is 822. The van der Waals surface area contributed by atoms with E-state index in [2.05, 4.69) is 0 Å². The van der Waals surface area contributed by atoms with Crippen molar-refractivity contribution in [1.29, 1.82) is 0 Å². The molecule has 9 heteroatoms. The number of benzene rings is 1. The first-order valence-electron chi connectivity index (χ1n) is 9.29. The Morgan fingerprint density at radius 3 is 2.57 bits per heavy atom. The summed E-state index contributed by atoms with van der Waals surface area (Å²) < 4.78 is 36.2. The lowest BCUT2D eigenvalue weighted by molar-refractivity contribution is -0.138. The molecule has 0 radical (unpaired) electrons. The van der Waals surface area contributed by atoms with Crippen LogP contribution in [0.15, 0.2) is 23.1 Å². The normalized spacial score (nSPS) is 17.5. The minimum absolute atomic E-state index is 0.0414. The molecule has 1 aromatic rings. The minimum atomic E-state index is -3.81. The van der Waals surface area contributed by atoms with Crippen molar-refractivity contribution in [3.8, 4) is 5.75 Å². The molecule has 1 heterocycles. The Balaban J connectivity index is 2.13. The molecule has 8 nitrogen and oxygen atoms in total. The van der Waals surface area contributed by atoms with Gasteiger partial charge >= 0.3 is 5.97 Å². The average Bonchev–Trinajstić information content (AvgIpc) is 2.70. The maximum absolute atomic E-state index is 12.5. The Morgan fingerprint density at radius 1 is 1.25 bits per heavy atom. The Kier molecular flexibility index (Phi) is 7.42. The first-order valence-corrected chi connectivity index (χ1v) is 10.7. The van der Waals surface area contributed by atoms with E-state index in [1.54, 1.807) is 4.90 Å². The standard InChI is InChI=1S/C19H28N2O6S/c1-5-15-8-6-7-11-21(15)18(22)13-27-19(23)14-9-10-16(26-4)17(12-14)28(24,25)20(2)3/h9-10,12,15H,5-8,11,13H2,1-4H3/t15-/m1/s1. The van der Waals surface area contributed by atoms with Crippen LogP contribution in [0, 0.1) is 0 Å². The van der Waals surface area contributed by atoms with Crippen molar-refractivity contribution in [3.63, 3.8) is 0 Å². The molecule has 1 aliphatic heterocycles. The third-order valence-electron chi connectivity index (χ3n) is 4.90. The van der Waals surface area contributed by atoms with Crippen LogP contribution >= 0.6 is 0 Å². The van der Waals surface area contributed by atoms with Gasteiger partial charge in [-0.1, -0.05) is 6.92 Å². The molecule has 0 saturated carbocycles.